The summed E-state index contributed by atoms with van der Waals surface area (Å²) in [6.45, 7) is 5.54. The minimum absolute atomic E-state index is 0. The Labute approximate surface area is 115 Å². The van der Waals surface area contributed by atoms with E-state index in [-0.39, 0.29) is 39.2 Å². The van der Waals surface area contributed by atoms with Gasteiger partial charge in [-0.3, -0.25) is 4.79 Å². The fraction of sp³-hybridized carbons (Fsp3) is 0.417. The molecule has 1 rings (SSSR count). The molecular weight excluding hydrogens is 260 g/mol. The number of carbonyl (C=O) groups is 1. The van der Waals surface area contributed by atoms with Crippen molar-refractivity contribution in [2.45, 2.75) is 20.8 Å². The first-order chi connectivity index (χ1) is 7.47. The van der Waals surface area contributed by atoms with E-state index < -0.39 is 11.6 Å². The molecule has 0 saturated carbocycles. The quantitative estimate of drug-likeness (QED) is 0.613. The normalized spacial score (nSPS) is 10.0. The molecule has 0 aliphatic rings. The third kappa shape index (κ3) is 3.89. The van der Waals surface area contributed by atoms with E-state index in [1.165, 1.54) is 11.0 Å². The second-order valence-electron chi connectivity index (χ2n) is 3.74. The van der Waals surface area contributed by atoms with Crippen molar-refractivity contribution >= 4 is 11.6 Å². The molecule has 1 aromatic rings. The van der Waals surface area contributed by atoms with E-state index in [9.17, 15) is 13.6 Å². The number of hydrogen-bond donors (Lipinski definition) is 0. The molecule has 0 spiro atoms. The number of hydrogen-bond acceptors (Lipinski definition) is 1. The van der Waals surface area contributed by atoms with Crippen LogP contribution in [0.2, 0.25) is 0 Å². The van der Waals surface area contributed by atoms with Gasteiger partial charge in [0.25, 0.3) is 0 Å². The number of nitrogens with zero attached hydrogens (tertiary/aromatic N) is 1. The summed E-state index contributed by atoms with van der Waals surface area (Å²) in [5.74, 6) is -2.03. The fourth-order valence-corrected chi connectivity index (χ4v) is 1.40. The zero-order valence-electron chi connectivity index (χ0n) is 10.1. The molecule has 0 atom stereocenters. The Bertz CT molecular complexity index is 396. The maximum absolute atomic E-state index is 13.4. The maximum atomic E-state index is 13.4. The standard InChI is InChI=1S/C12H14F2NO.Ti/c1-4-15(12(16)8(2)3)11-6-5-9(13)7-10(11)14;/h5-6,8H,4H2,1-3H3;/q-1;. The van der Waals surface area contributed by atoms with E-state index in [0.29, 0.717) is 6.54 Å². The van der Waals surface area contributed by atoms with E-state index in [1.54, 1.807) is 20.8 Å². The Morgan fingerprint density at radius 1 is 1.41 bits per heavy atom. The van der Waals surface area contributed by atoms with Crippen LogP contribution in [0.1, 0.15) is 20.8 Å². The molecule has 92 valence electrons. The van der Waals surface area contributed by atoms with Crippen LogP contribution in [0.15, 0.2) is 12.1 Å². The van der Waals surface area contributed by atoms with E-state index in [2.05, 4.69) is 0 Å². The maximum Gasteiger partial charge on any atom is 0.218 e. The Balaban J connectivity index is 0.00000256. The van der Waals surface area contributed by atoms with Crippen molar-refractivity contribution in [3.8, 4) is 0 Å². The molecule has 17 heavy (non-hydrogen) atoms. The van der Waals surface area contributed by atoms with Crippen LogP contribution in [0.4, 0.5) is 14.5 Å². The van der Waals surface area contributed by atoms with Crippen LogP contribution >= 0.6 is 0 Å². The summed E-state index contributed by atoms with van der Waals surface area (Å²) in [5.41, 5.74) is 0.0719. The van der Waals surface area contributed by atoms with Gasteiger partial charge in [0.1, 0.15) is 0 Å². The first-order valence-electron chi connectivity index (χ1n) is 5.16. The van der Waals surface area contributed by atoms with Crippen LogP contribution in [-0.2, 0) is 26.5 Å². The van der Waals surface area contributed by atoms with Crippen molar-refractivity contribution in [3.05, 3.63) is 29.8 Å². The summed E-state index contributed by atoms with van der Waals surface area (Å²) in [6.07, 6.45) is 0. The van der Waals surface area contributed by atoms with Gasteiger partial charge in [0.15, 0.2) is 0 Å². The van der Waals surface area contributed by atoms with Crippen LogP contribution in [0.25, 0.3) is 0 Å². The van der Waals surface area contributed by atoms with Crippen LogP contribution in [0.5, 0.6) is 0 Å². The molecule has 1 amide bonds. The summed E-state index contributed by atoms with van der Waals surface area (Å²) in [4.78, 5) is 13.1. The van der Waals surface area contributed by atoms with Gasteiger partial charge < -0.3 is 4.90 Å². The molecule has 0 unspecified atom stereocenters. The molecule has 0 heterocycles. The smallest absolute Gasteiger partial charge is 0.218 e. The van der Waals surface area contributed by atoms with Crippen molar-refractivity contribution in [3.63, 3.8) is 0 Å². The van der Waals surface area contributed by atoms with Crippen LogP contribution in [0.3, 0.4) is 0 Å². The molecule has 0 aliphatic heterocycles. The van der Waals surface area contributed by atoms with Gasteiger partial charge in [-0.05, 0) is 12.6 Å². The van der Waals surface area contributed by atoms with Crippen LogP contribution < -0.4 is 4.90 Å². The van der Waals surface area contributed by atoms with Gasteiger partial charge in [0.05, 0.1) is 0 Å². The summed E-state index contributed by atoms with van der Waals surface area (Å²) >= 11 is 0. The van der Waals surface area contributed by atoms with Crippen LogP contribution in [-0.4, -0.2) is 12.5 Å². The van der Waals surface area contributed by atoms with E-state index >= 15 is 0 Å². The van der Waals surface area contributed by atoms with Gasteiger partial charge in [-0.1, -0.05) is 13.8 Å². The molecule has 0 saturated heterocycles. The summed E-state index contributed by atoms with van der Waals surface area (Å²) in [7, 11) is 0. The number of amides is 1. The minimum atomic E-state index is -0.837. The van der Waals surface area contributed by atoms with Crippen molar-refractivity contribution in [2.75, 3.05) is 11.4 Å². The molecule has 1 aromatic carbocycles. The van der Waals surface area contributed by atoms with Crippen molar-refractivity contribution < 1.29 is 35.3 Å². The third-order valence-corrected chi connectivity index (χ3v) is 2.21. The van der Waals surface area contributed by atoms with E-state index in [4.69, 9.17) is 0 Å². The third-order valence-electron chi connectivity index (χ3n) is 2.21. The molecule has 2 nitrogen and oxygen atoms in total. The van der Waals surface area contributed by atoms with Crippen molar-refractivity contribution in [1.29, 1.82) is 0 Å². The first kappa shape index (κ1) is 16.3. The number of anilines is 1. The minimum Gasteiger partial charge on any atom is -0.364 e. The second-order valence-corrected chi connectivity index (χ2v) is 3.74. The fourth-order valence-electron chi connectivity index (χ4n) is 1.40. The molecule has 0 N–H and O–H groups in total. The number of carbonyl (C=O) groups excluding carboxylic acids is 1. The Kier molecular flexibility index (Phi) is 6.57. The van der Waals surface area contributed by atoms with Crippen LogP contribution in [0, 0.1) is 23.6 Å². The monoisotopic (exact) mass is 274 g/mol. The SMILES string of the molecule is CCN(C(=O)C(C)C)c1ccc(F)[c-]c1F.[Ti]. The number of benzene rings is 1. The number of rotatable bonds is 3. The van der Waals surface area contributed by atoms with Gasteiger partial charge in [-0.25, -0.2) is 8.78 Å². The summed E-state index contributed by atoms with van der Waals surface area (Å²) in [6, 6.07) is 4.27. The molecule has 0 aromatic heterocycles. The molecule has 0 radical (unpaired) electrons. The van der Waals surface area contributed by atoms with Gasteiger partial charge >= 0.3 is 0 Å². The largest absolute Gasteiger partial charge is 0.364 e. The zero-order valence-corrected chi connectivity index (χ0v) is 11.6. The van der Waals surface area contributed by atoms with Gasteiger partial charge in [-0.2, -0.15) is 0 Å². The van der Waals surface area contributed by atoms with Crippen molar-refractivity contribution in [2.24, 2.45) is 5.92 Å². The molecule has 5 heteroatoms. The molecule has 0 fully saturated rings. The Morgan fingerprint density at radius 3 is 2.41 bits per heavy atom. The summed E-state index contributed by atoms with van der Waals surface area (Å²) < 4.78 is 26.1. The Hall–Kier alpha value is -0.736. The van der Waals surface area contributed by atoms with E-state index in [0.717, 1.165) is 6.07 Å². The first-order valence-corrected chi connectivity index (χ1v) is 5.16. The van der Waals surface area contributed by atoms with Crippen molar-refractivity contribution in [1.82, 2.24) is 0 Å². The average Bonchev–Trinajstić information content (AvgIpc) is 2.21. The number of halogens is 2. The van der Waals surface area contributed by atoms with Gasteiger partial charge in [-0.15, -0.1) is 18.2 Å². The zero-order chi connectivity index (χ0) is 12.3. The predicted molar refractivity (Wildman–Crippen MR) is 58.1 cm³/mol. The predicted octanol–water partition coefficient (Wildman–Crippen LogP) is 2.77. The molecule has 0 bridgehead atoms. The second kappa shape index (κ2) is 6.87. The van der Waals surface area contributed by atoms with Gasteiger partial charge in [0, 0.05) is 45.8 Å². The molecule has 0 aliphatic carbocycles. The van der Waals surface area contributed by atoms with Gasteiger partial charge in [0.2, 0.25) is 5.91 Å². The Morgan fingerprint density at radius 2 is 2.00 bits per heavy atom. The van der Waals surface area contributed by atoms with E-state index in [1.807, 2.05) is 6.07 Å². The topological polar surface area (TPSA) is 20.3 Å². The average molecular weight is 274 g/mol. The summed E-state index contributed by atoms with van der Waals surface area (Å²) in [5, 5.41) is 0. The molecular formula is C12H14F2NOTi-.